The minimum absolute atomic E-state index is 0.0649. The molecule has 1 aliphatic heterocycles. The van der Waals surface area contributed by atoms with Crippen LogP contribution in [0.3, 0.4) is 0 Å². The van der Waals surface area contributed by atoms with Crippen molar-refractivity contribution >= 4 is 6.16 Å². The molecule has 1 unspecified atom stereocenters. The highest BCUT2D eigenvalue weighted by molar-refractivity contribution is 5.60. The van der Waals surface area contributed by atoms with Crippen molar-refractivity contribution in [1.29, 1.82) is 0 Å². The van der Waals surface area contributed by atoms with Gasteiger partial charge in [-0.05, 0) is 19.3 Å². The first-order valence-corrected chi connectivity index (χ1v) is 7.91. The van der Waals surface area contributed by atoms with Crippen LogP contribution in [0.1, 0.15) is 72.1 Å². The summed E-state index contributed by atoms with van der Waals surface area (Å²) in [5.41, 5.74) is 0. The highest BCUT2D eigenvalue weighted by atomic mass is 17.5. The monoisotopic (exact) mass is 288 g/mol. The maximum atomic E-state index is 11.6. The van der Waals surface area contributed by atoms with Crippen molar-refractivity contribution in [3.63, 3.8) is 0 Å². The summed E-state index contributed by atoms with van der Waals surface area (Å²) in [5.74, 6) is -1.13. The van der Waals surface area contributed by atoms with Crippen molar-refractivity contribution < 1.29 is 24.0 Å². The fraction of sp³-hybridized carbons (Fsp3) is 0.933. The highest BCUT2D eigenvalue weighted by Gasteiger charge is 2.59. The molecule has 0 spiro atoms. The molecule has 20 heavy (non-hydrogen) atoms. The van der Waals surface area contributed by atoms with Gasteiger partial charge in [0, 0.05) is 0 Å². The third-order valence-corrected chi connectivity index (χ3v) is 3.59. The molecular weight excluding hydrogens is 260 g/mol. The number of carbonyl (C=O) groups excluding carboxylic acids is 1. The predicted molar refractivity (Wildman–Crippen MR) is 74.8 cm³/mol. The van der Waals surface area contributed by atoms with Crippen molar-refractivity contribution in [2.75, 3.05) is 6.61 Å². The molecule has 5 nitrogen and oxygen atoms in total. The lowest BCUT2D eigenvalue weighted by Gasteiger charge is -2.18. The van der Waals surface area contributed by atoms with Gasteiger partial charge in [0.1, 0.15) is 0 Å². The van der Waals surface area contributed by atoms with Gasteiger partial charge in [0.25, 0.3) is 0 Å². The molecule has 1 rings (SSSR count). The fourth-order valence-corrected chi connectivity index (χ4v) is 2.21. The van der Waals surface area contributed by atoms with Crippen molar-refractivity contribution in [2.45, 2.75) is 78.1 Å². The van der Waals surface area contributed by atoms with Gasteiger partial charge in [0.15, 0.2) is 0 Å². The summed E-state index contributed by atoms with van der Waals surface area (Å²) in [6.45, 7) is 6.69. The average molecular weight is 288 g/mol. The van der Waals surface area contributed by atoms with Crippen LogP contribution in [-0.2, 0) is 19.2 Å². The van der Waals surface area contributed by atoms with Crippen LogP contribution in [0.2, 0.25) is 0 Å². The molecule has 1 saturated heterocycles. The van der Waals surface area contributed by atoms with Gasteiger partial charge >= 0.3 is 12.1 Å². The third kappa shape index (κ3) is 5.67. The summed E-state index contributed by atoms with van der Waals surface area (Å²) in [7, 11) is 0. The summed E-state index contributed by atoms with van der Waals surface area (Å²) in [4.78, 5) is 21.5. The van der Waals surface area contributed by atoms with E-state index in [0.29, 0.717) is 6.61 Å². The molecule has 0 aliphatic carbocycles. The molecule has 0 bridgehead atoms. The van der Waals surface area contributed by atoms with Crippen LogP contribution in [0.25, 0.3) is 0 Å². The molecule has 1 heterocycles. The van der Waals surface area contributed by atoms with Crippen molar-refractivity contribution in [2.24, 2.45) is 5.92 Å². The fourth-order valence-electron chi connectivity index (χ4n) is 2.21. The zero-order valence-corrected chi connectivity index (χ0v) is 13.0. The lowest BCUT2D eigenvalue weighted by Crippen LogP contribution is -2.30. The normalized spacial score (nSPS) is 17.6. The van der Waals surface area contributed by atoms with Crippen LogP contribution in [0.4, 0.5) is 4.79 Å². The van der Waals surface area contributed by atoms with E-state index < -0.39 is 12.1 Å². The summed E-state index contributed by atoms with van der Waals surface area (Å²) in [5, 5.41) is 0. The molecule has 0 aromatic heterocycles. The summed E-state index contributed by atoms with van der Waals surface area (Å²) in [6, 6.07) is 0. The van der Waals surface area contributed by atoms with Gasteiger partial charge in [-0.15, -0.1) is 0 Å². The molecule has 0 aromatic rings. The second kappa shape index (κ2) is 9.19. The van der Waals surface area contributed by atoms with Crippen molar-refractivity contribution in [3.8, 4) is 0 Å². The Bertz CT molecular complexity index is 275. The van der Waals surface area contributed by atoms with Crippen LogP contribution in [0.15, 0.2) is 0 Å². The Hall–Kier alpha value is -0.810. The lowest BCUT2D eigenvalue weighted by atomic mass is 9.97. The van der Waals surface area contributed by atoms with E-state index in [1.54, 1.807) is 0 Å². The molecule has 1 atom stereocenters. The molecule has 118 valence electrons. The molecule has 0 N–H and O–H groups in total. The Morgan fingerprint density at radius 3 is 2.30 bits per heavy atom. The van der Waals surface area contributed by atoms with Gasteiger partial charge in [0.05, 0.1) is 12.5 Å². The van der Waals surface area contributed by atoms with Gasteiger partial charge in [0.2, 0.25) is 0 Å². The number of hydrogen-bond donors (Lipinski definition) is 0. The van der Waals surface area contributed by atoms with Crippen LogP contribution < -0.4 is 0 Å². The van der Waals surface area contributed by atoms with Crippen molar-refractivity contribution in [1.82, 2.24) is 0 Å². The summed E-state index contributed by atoms with van der Waals surface area (Å²) >= 11 is 0. The Labute approximate surface area is 121 Å². The molecular formula is C15H28O5. The highest BCUT2D eigenvalue weighted by Crippen LogP contribution is 2.43. The van der Waals surface area contributed by atoms with E-state index in [1.807, 2.05) is 6.92 Å². The Balaban J connectivity index is 2.25. The zero-order chi connectivity index (χ0) is 14.8. The standard InChI is InChI=1S/C15H28O5/c1-4-7-9-10-12-17-14(16)18-15(19-20-15)13(6-3)11-8-5-2/h13H,4-12H2,1-3H3. The number of unbranched alkanes of at least 4 members (excludes halogenated alkanes) is 4. The predicted octanol–water partition coefficient (Wildman–Crippen LogP) is 4.55. The Morgan fingerprint density at radius 2 is 1.75 bits per heavy atom. The molecule has 1 fully saturated rings. The number of hydrogen-bond acceptors (Lipinski definition) is 5. The smallest absolute Gasteiger partial charge is 0.434 e. The van der Waals surface area contributed by atoms with E-state index in [4.69, 9.17) is 19.2 Å². The number of carbonyl (C=O) groups is 1. The molecule has 0 aromatic carbocycles. The number of rotatable bonds is 11. The van der Waals surface area contributed by atoms with E-state index >= 15 is 0 Å². The summed E-state index contributed by atoms with van der Waals surface area (Å²) in [6.07, 6.45) is 7.45. The third-order valence-electron chi connectivity index (χ3n) is 3.59. The van der Waals surface area contributed by atoms with Crippen LogP contribution in [0, 0.1) is 5.92 Å². The van der Waals surface area contributed by atoms with E-state index in [0.717, 1.165) is 51.4 Å². The first kappa shape index (κ1) is 17.2. The Morgan fingerprint density at radius 1 is 1.05 bits per heavy atom. The summed E-state index contributed by atoms with van der Waals surface area (Å²) < 4.78 is 10.2. The molecule has 0 radical (unpaired) electrons. The van der Waals surface area contributed by atoms with E-state index in [9.17, 15) is 4.79 Å². The lowest BCUT2D eigenvalue weighted by molar-refractivity contribution is -0.0800. The SMILES string of the molecule is CCCCCCOC(=O)OC1(C(CC)CCCC)OO1. The van der Waals surface area contributed by atoms with Gasteiger partial charge < -0.3 is 9.47 Å². The molecule has 1 aliphatic rings. The largest absolute Gasteiger partial charge is 0.512 e. The van der Waals surface area contributed by atoms with Gasteiger partial charge in [-0.3, -0.25) is 0 Å². The minimum atomic E-state index is -1.19. The first-order chi connectivity index (χ1) is 9.68. The van der Waals surface area contributed by atoms with Crippen LogP contribution in [-0.4, -0.2) is 18.7 Å². The molecule has 5 heteroatoms. The molecule has 0 saturated carbocycles. The Kier molecular flexibility index (Phi) is 7.92. The van der Waals surface area contributed by atoms with Gasteiger partial charge in [-0.25, -0.2) is 4.79 Å². The van der Waals surface area contributed by atoms with Crippen molar-refractivity contribution in [3.05, 3.63) is 0 Å². The molecule has 0 amide bonds. The second-order valence-corrected chi connectivity index (χ2v) is 5.28. The second-order valence-electron chi connectivity index (χ2n) is 5.28. The quantitative estimate of drug-likeness (QED) is 0.241. The van der Waals surface area contributed by atoms with E-state index in [1.165, 1.54) is 0 Å². The number of ether oxygens (including phenoxy) is 2. The van der Waals surface area contributed by atoms with Crippen LogP contribution >= 0.6 is 0 Å². The van der Waals surface area contributed by atoms with Gasteiger partial charge in [-0.2, -0.15) is 9.78 Å². The minimum Gasteiger partial charge on any atom is -0.434 e. The van der Waals surface area contributed by atoms with E-state index in [-0.39, 0.29) is 5.92 Å². The van der Waals surface area contributed by atoms with Gasteiger partial charge in [-0.1, -0.05) is 52.9 Å². The average Bonchev–Trinajstić information content (AvgIpc) is 3.20. The maximum Gasteiger partial charge on any atom is 0.512 e. The first-order valence-electron chi connectivity index (χ1n) is 7.91. The van der Waals surface area contributed by atoms with Crippen LogP contribution in [0.5, 0.6) is 0 Å². The zero-order valence-electron chi connectivity index (χ0n) is 13.0. The maximum absolute atomic E-state index is 11.6. The van der Waals surface area contributed by atoms with E-state index in [2.05, 4.69) is 13.8 Å². The topological polar surface area (TPSA) is 60.6 Å².